The number of aliphatic carboxylic acids is 1. The predicted molar refractivity (Wildman–Crippen MR) is 138 cm³/mol. The number of hydrogen-bond donors (Lipinski definition) is 1. The maximum atomic E-state index is 11.3. The fourth-order valence-electron chi connectivity index (χ4n) is 3.50. The van der Waals surface area contributed by atoms with Gasteiger partial charge in [0.1, 0.15) is 11.5 Å². The summed E-state index contributed by atoms with van der Waals surface area (Å²) >= 11 is 5.07. The molecule has 9 heteroatoms. The fraction of sp³-hybridized carbons (Fsp3) is 0.269. The average Bonchev–Trinajstić information content (AvgIpc) is 3.45. The van der Waals surface area contributed by atoms with Gasteiger partial charge in [0, 0.05) is 35.1 Å². The largest absolute Gasteiger partial charge is 0.478 e. The second-order valence-corrected chi connectivity index (χ2v) is 10.4. The van der Waals surface area contributed by atoms with Gasteiger partial charge in [-0.2, -0.15) is 0 Å². The van der Waals surface area contributed by atoms with Gasteiger partial charge in [-0.05, 0) is 56.7 Å². The number of ether oxygens (including phenoxy) is 1. The number of carbonyl (C=O) groups is 1. The molecule has 182 valence electrons. The molecular weight excluding hydrogens is 530 g/mol. The molecule has 0 aliphatic carbocycles. The second-order valence-electron chi connectivity index (χ2n) is 8.72. The van der Waals surface area contributed by atoms with E-state index >= 15 is 0 Å². The third-order valence-corrected chi connectivity index (χ3v) is 6.55. The second kappa shape index (κ2) is 10.7. The van der Waals surface area contributed by atoms with Crippen LogP contribution in [0.25, 0.3) is 11.5 Å². The van der Waals surface area contributed by atoms with Crippen LogP contribution in [0.15, 0.2) is 68.3 Å². The summed E-state index contributed by atoms with van der Waals surface area (Å²) < 4.78 is 12.6. The monoisotopic (exact) mass is 555 g/mol. The van der Waals surface area contributed by atoms with Crippen molar-refractivity contribution in [2.24, 2.45) is 0 Å². The van der Waals surface area contributed by atoms with Gasteiger partial charge < -0.3 is 14.3 Å². The van der Waals surface area contributed by atoms with Crippen molar-refractivity contribution in [3.63, 3.8) is 0 Å². The summed E-state index contributed by atoms with van der Waals surface area (Å²) in [6.45, 7) is 6.89. The van der Waals surface area contributed by atoms with Gasteiger partial charge in [0.15, 0.2) is 5.60 Å². The molecule has 0 saturated heterocycles. The molecule has 2 aromatic heterocycles. The van der Waals surface area contributed by atoms with E-state index in [-0.39, 0.29) is 0 Å². The molecule has 35 heavy (non-hydrogen) atoms. The highest BCUT2D eigenvalue weighted by molar-refractivity contribution is 9.10. The third kappa shape index (κ3) is 6.56. The smallest absolute Gasteiger partial charge is 0.347 e. The Bertz CT molecular complexity index is 1290. The molecule has 2 aromatic carbocycles. The number of benzene rings is 2. The predicted octanol–water partition coefficient (Wildman–Crippen LogP) is 6.31. The van der Waals surface area contributed by atoms with Gasteiger partial charge in [0.25, 0.3) is 0 Å². The number of nitrogens with zero attached hydrogens (tertiary/aromatic N) is 3. The van der Waals surface area contributed by atoms with Crippen molar-refractivity contribution >= 4 is 33.2 Å². The first kappa shape index (κ1) is 25.1. The Balaban J connectivity index is 1.52. The van der Waals surface area contributed by atoms with Crippen LogP contribution in [0.2, 0.25) is 0 Å². The van der Waals surface area contributed by atoms with Crippen molar-refractivity contribution in [2.45, 2.75) is 46.0 Å². The lowest BCUT2D eigenvalue weighted by molar-refractivity contribution is -0.152. The third-order valence-electron chi connectivity index (χ3n) is 5.42. The van der Waals surface area contributed by atoms with Crippen LogP contribution in [0.3, 0.4) is 0 Å². The Morgan fingerprint density at radius 2 is 1.94 bits per heavy atom. The number of hydrogen-bond acceptors (Lipinski definition) is 7. The first-order valence-corrected chi connectivity index (χ1v) is 12.8. The number of thiazole rings is 1. The minimum atomic E-state index is -1.30. The Morgan fingerprint density at radius 1 is 1.17 bits per heavy atom. The van der Waals surface area contributed by atoms with Crippen molar-refractivity contribution in [1.29, 1.82) is 0 Å². The number of carboxylic acid groups (broad SMARTS) is 1. The highest BCUT2D eigenvalue weighted by Crippen LogP contribution is 2.26. The van der Waals surface area contributed by atoms with E-state index in [1.165, 1.54) is 13.8 Å². The molecule has 0 aliphatic rings. The summed E-state index contributed by atoms with van der Waals surface area (Å²) in [6, 6.07) is 15.4. The first-order chi connectivity index (χ1) is 16.7. The molecule has 0 atom stereocenters. The quantitative estimate of drug-likeness (QED) is 0.245. The average molecular weight is 556 g/mol. The molecule has 0 amide bonds. The molecule has 1 N–H and O–H groups in total. The number of aryl methyl sites for hydroxylation is 1. The van der Waals surface area contributed by atoms with Crippen LogP contribution in [-0.4, -0.2) is 31.5 Å². The topological polar surface area (TPSA) is 88.7 Å². The molecule has 7 nitrogen and oxygen atoms in total. The lowest BCUT2D eigenvalue weighted by Crippen LogP contribution is -2.37. The summed E-state index contributed by atoms with van der Waals surface area (Å²) in [6.07, 6.45) is 0. The normalized spacial score (nSPS) is 11.7. The number of halogens is 1. The van der Waals surface area contributed by atoms with E-state index in [1.807, 2.05) is 54.2 Å². The number of carboxylic acids is 1. The van der Waals surface area contributed by atoms with Crippen LogP contribution in [0.5, 0.6) is 5.75 Å². The Morgan fingerprint density at radius 3 is 2.60 bits per heavy atom. The molecule has 0 unspecified atom stereocenters. The maximum Gasteiger partial charge on any atom is 0.347 e. The van der Waals surface area contributed by atoms with Gasteiger partial charge in [0.05, 0.1) is 16.9 Å². The SMILES string of the molecule is Cc1oc(-c2cccc(Br)c2)nc1CN(Cc1ccc(OC(C)(C)C(=O)O)cc1)Cc1cscn1. The van der Waals surface area contributed by atoms with E-state index in [4.69, 9.17) is 14.1 Å². The molecule has 0 fully saturated rings. The minimum absolute atomic E-state index is 0.512. The highest BCUT2D eigenvalue weighted by atomic mass is 79.9. The standard InChI is InChI=1S/C26H26BrN3O4S/c1-17-23(29-24(33-17)19-5-4-6-20(27)11-19)14-30(13-21-15-35-16-28-21)12-18-7-9-22(10-8-18)34-26(2,3)25(31)32/h4-11,15-16H,12-14H2,1-3H3,(H,31,32). The van der Waals surface area contributed by atoms with E-state index < -0.39 is 11.6 Å². The highest BCUT2D eigenvalue weighted by Gasteiger charge is 2.29. The molecule has 0 bridgehead atoms. The zero-order chi connectivity index (χ0) is 25.0. The maximum absolute atomic E-state index is 11.3. The Kier molecular flexibility index (Phi) is 7.69. The minimum Gasteiger partial charge on any atom is -0.478 e. The van der Waals surface area contributed by atoms with Crippen LogP contribution in [-0.2, 0) is 24.4 Å². The van der Waals surface area contributed by atoms with Crippen LogP contribution in [0, 0.1) is 6.92 Å². The van der Waals surface area contributed by atoms with Gasteiger partial charge in [-0.25, -0.2) is 14.8 Å². The summed E-state index contributed by atoms with van der Waals surface area (Å²) in [5.74, 6) is 0.872. The fourth-order valence-corrected chi connectivity index (χ4v) is 4.45. The van der Waals surface area contributed by atoms with Gasteiger partial charge in [-0.1, -0.05) is 34.1 Å². The first-order valence-electron chi connectivity index (χ1n) is 11.0. The van der Waals surface area contributed by atoms with Crippen molar-refractivity contribution in [1.82, 2.24) is 14.9 Å². The van der Waals surface area contributed by atoms with Gasteiger partial charge in [-0.3, -0.25) is 4.90 Å². The lowest BCUT2D eigenvalue weighted by atomic mass is 10.1. The van der Waals surface area contributed by atoms with E-state index in [0.29, 0.717) is 31.3 Å². The Labute approximate surface area is 216 Å². The summed E-state index contributed by atoms with van der Waals surface area (Å²) in [5, 5.41) is 11.3. The lowest BCUT2D eigenvalue weighted by Gasteiger charge is -2.23. The molecule has 4 aromatic rings. The molecular formula is C26H26BrN3O4S. The van der Waals surface area contributed by atoms with Crippen LogP contribution < -0.4 is 4.74 Å². The van der Waals surface area contributed by atoms with Crippen molar-refractivity contribution in [2.75, 3.05) is 0 Å². The van der Waals surface area contributed by atoms with E-state index in [9.17, 15) is 9.90 Å². The van der Waals surface area contributed by atoms with Crippen molar-refractivity contribution in [3.8, 4) is 17.2 Å². The van der Waals surface area contributed by atoms with Crippen molar-refractivity contribution < 1.29 is 19.1 Å². The summed E-state index contributed by atoms with van der Waals surface area (Å²) in [7, 11) is 0. The zero-order valence-electron chi connectivity index (χ0n) is 19.7. The molecule has 4 rings (SSSR count). The van der Waals surface area contributed by atoms with E-state index in [0.717, 1.165) is 32.7 Å². The molecule has 2 heterocycles. The molecule has 0 radical (unpaired) electrons. The summed E-state index contributed by atoms with van der Waals surface area (Å²) in [5.41, 5.74) is 4.38. The van der Waals surface area contributed by atoms with Crippen molar-refractivity contribution in [3.05, 3.63) is 86.6 Å². The molecule has 0 spiro atoms. The summed E-state index contributed by atoms with van der Waals surface area (Å²) in [4.78, 5) is 22.8. The van der Waals surface area contributed by atoms with Crippen LogP contribution in [0.1, 0.15) is 36.6 Å². The van der Waals surface area contributed by atoms with Crippen LogP contribution in [0.4, 0.5) is 0 Å². The number of rotatable bonds is 10. The van der Waals surface area contributed by atoms with Gasteiger partial charge in [0.2, 0.25) is 5.89 Å². The Hall–Kier alpha value is -3.01. The van der Waals surface area contributed by atoms with Gasteiger partial charge in [-0.15, -0.1) is 11.3 Å². The molecule has 0 aliphatic heterocycles. The van der Waals surface area contributed by atoms with Gasteiger partial charge >= 0.3 is 5.97 Å². The number of aromatic nitrogens is 2. The van der Waals surface area contributed by atoms with E-state index in [1.54, 1.807) is 23.5 Å². The van der Waals surface area contributed by atoms with E-state index in [2.05, 4.69) is 25.8 Å². The number of oxazole rings is 1. The zero-order valence-corrected chi connectivity index (χ0v) is 22.1. The molecule has 0 saturated carbocycles. The van der Waals surface area contributed by atoms with Crippen LogP contribution >= 0.6 is 27.3 Å².